The highest BCUT2D eigenvalue weighted by molar-refractivity contribution is 5.33. The third-order valence-electron chi connectivity index (χ3n) is 2.39. The fourth-order valence-electron chi connectivity index (χ4n) is 1.42. The van der Waals surface area contributed by atoms with Crippen LogP contribution >= 0.6 is 0 Å². The Morgan fingerprint density at radius 3 is 2.94 bits per heavy atom. The zero-order valence-corrected chi connectivity index (χ0v) is 10.2. The molecule has 0 heterocycles. The lowest BCUT2D eigenvalue weighted by atomic mass is 10.1. The second kappa shape index (κ2) is 7.00. The van der Waals surface area contributed by atoms with Gasteiger partial charge in [-0.15, -0.1) is 0 Å². The summed E-state index contributed by atoms with van der Waals surface area (Å²) in [7, 11) is 0. The van der Waals surface area contributed by atoms with Gasteiger partial charge in [0.15, 0.2) is 0 Å². The van der Waals surface area contributed by atoms with Gasteiger partial charge >= 0.3 is 0 Å². The maximum absolute atomic E-state index is 13.4. The fourth-order valence-corrected chi connectivity index (χ4v) is 1.42. The molecule has 0 amide bonds. The smallest absolute Gasteiger partial charge is 0.127 e. The molecule has 0 radical (unpaired) electrons. The van der Waals surface area contributed by atoms with Gasteiger partial charge in [0, 0.05) is 24.8 Å². The zero-order chi connectivity index (χ0) is 12.7. The number of ether oxygens (including phenoxy) is 1. The van der Waals surface area contributed by atoms with Crippen LogP contribution in [0, 0.1) is 17.1 Å². The van der Waals surface area contributed by atoms with Crippen molar-refractivity contribution < 1.29 is 9.13 Å². The first-order valence-corrected chi connectivity index (χ1v) is 5.67. The molecule has 0 aliphatic heterocycles. The second-order valence-electron chi connectivity index (χ2n) is 3.86. The summed E-state index contributed by atoms with van der Waals surface area (Å²) in [5.74, 6) is -0.292. The van der Waals surface area contributed by atoms with Crippen LogP contribution in [0.2, 0.25) is 0 Å². The summed E-state index contributed by atoms with van der Waals surface area (Å²) in [6.45, 7) is 5.57. The maximum atomic E-state index is 13.4. The van der Waals surface area contributed by atoms with E-state index in [4.69, 9.17) is 10.00 Å². The molecule has 1 rings (SSSR count). The molecule has 0 bridgehead atoms. The monoisotopic (exact) mass is 236 g/mol. The van der Waals surface area contributed by atoms with Crippen molar-refractivity contribution in [2.45, 2.75) is 26.4 Å². The first-order chi connectivity index (χ1) is 8.17. The van der Waals surface area contributed by atoms with Gasteiger partial charge in [-0.1, -0.05) is 0 Å². The van der Waals surface area contributed by atoms with Gasteiger partial charge in [0.1, 0.15) is 5.82 Å². The van der Waals surface area contributed by atoms with Crippen molar-refractivity contribution >= 4 is 0 Å². The molecule has 0 spiro atoms. The average molecular weight is 236 g/mol. The van der Waals surface area contributed by atoms with Crippen molar-refractivity contribution in [3.05, 3.63) is 35.1 Å². The predicted molar refractivity (Wildman–Crippen MR) is 63.9 cm³/mol. The zero-order valence-electron chi connectivity index (χ0n) is 10.2. The first kappa shape index (κ1) is 13.6. The van der Waals surface area contributed by atoms with Gasteiger partial charge in [-0.2, -0.15) is 5.26 Å². The van der Waals surface area contributed by atoms with Crippen molar-refractivity contribution in [1.82, 2.24) is 5.32 Å². The number of halogens is 1. The highest BCUT2D eigenvalue weighted by Crippen LogP contribution is 2.10. The lowest BCUT2D eigenvalue weighted by Gasteiger charge is -2.14. The second-order valence-corrected chi connectivity index (χ2v) is 3.86. The number of rotatable bonds is 6. The first-order valence-electron chi connectivity index (χ1n) is 5.67. The molecule has 0 aliphatic rings. The van der Waals surface area contributed by atoms with E-state index in [0.29, 0.717) is 30.9 Å². The van der Waals surface area contributed by atoms with Crippen molar-refractivity contribution in [2.24, 2.45) is 0 Å². The van der Waals surface area contributed by atoms with Gasteiger partial charge < -0.3 is 10.1 Å². The molecule has 92 valence electrons. The highest BCUT2D eigenvalue weighted by Gasteiger charge is 2.06. The van der Waals surface area contributed by atoms with Crippen molar-refractivity contribution in [1.29, 1.82) is 5.26 Å². The van der Waals surface area contributed by atoms with E-state index in [1.165, 1.54) is 12.1 Å². The summed E-state index contributed by atoms with van der Waals surface area (Å²) in [5, 5.41) is 11.9. The summed E-state index contributed by atoms with van der Waals surface area (Å²) in [4.78, 5) is 0. The van der Waals surface area contributed by atoms with Crippen LogP contribution in [-0.2, 0) is 11.3 Å². The van der Waals surface area contributed by atoms with E-state index in [9.17, 15) is 4.39 Å². The van der Waals surface area contributed by atoms with Crippen LogP contribution in [0.1, 0.15) is 25.0 Å². The summed E-state index contributed by atoms with van der Waals surface area (Å²) in [6, 6.07) is 6.51. The van der Waals surface area contributed by atoms with Crippen LogP contribution in [0.15, 0.2) is 18.2 Å². The standard InChI is InChI=1S/C13H17FN2O/c1-3-17-9-10(2)16-8-12-6-11(7-15)4-5-13(12)14/h4-6,10,16H,3,8-9H2,1-2H3. The van der Waals surface area contributed by atoms with Gasteiger partial charge in [0.25, 0.3) is 0 Å². The molecule has 1 aromatic rings. The van der Waals surface area contributed by atoms with Gasteiger partial charge in [-0.3, -0.25) is 0 Å². The van der Waals surface area contributed by atoms with Gasteiger partial charge in [-0.05, 0) is 32.0 Å². The Kier molecular flexibility index (Phi) is 5.61. The molecular formula is C13H17FN2O. The number of hydrogen-bond donors (Lipinski definition) is 1. The Balaban J connectivity index is 2.54. The van der Waals surface area contributed by atoms with E-state index >= 15 is 0 Å². The van der Waals surface area contributed by atoms with E-state index < -0.39 is 0 Å². The van der Waals surface area contributed by atoms with E-state index in [2.05, 4.69) is 5.32 Å². The molecule has 4 heteroatoms. The Bertz CT molecular complexity index is 401. The fraction of sp³-hybridized carbons (Fsp3) is 0.462. The topological polar surface area (TPSA) is 45.0 Å². The molecule has 1 atom stereocenters. The summed E-state index contributed by atoms with van der Waals surface area (Å²) in [6.07, 6.45) is 0. The Hall–Kier alpha value is -1.44. The van der Waals surface area contributed by atoms with Crippen LogP contribution in [-0.4, -0.2) is 19.3 Å². The minimum Gasteiger partial charge on any atom is -0.380 e. The number of benzene rings is 1. The van der Waals surface area contributed by atoms with E-state index in [0.717, 1.165) is 0 Å². The largest absolute Gasteiger partial charge is 0.380 e. The summed E-state index contributed by atoms with van der Waals surface area (Å²) < 4.78 is 18.7. The Labute approximate surface area is 101 Å². The van der Waals surface area contributed by atoms with Crippen molar-refractivity contribution in [3.63, 3.8) is 0 Å². The molecule has 0 aromatic heterocycles. The minimum atomic E-state index is -0.292. The predicted octanol–water partition coefficient (Wildman–Crippen LogP) is 2.21. The molecule has 0 aliphatic carbocycles. The van der Waals surface area contributed by atoms with Gasteiger partial charge in [0.2, 0.25) is 0 Å². The molecule has 0 fully saturated rings. The third kappa shape index (κ3) is 4.51. The number of nitrogens with zero attached hydrogens (tertiary/aromatic N) is 1. The summed E-state index contributed by atoms with van der Waals surface area (Å²) >= 11 is 0. The Morgan fingerprint density at radius 2 is 2.29 bits per heavy atom. The van der Waals surface area contributed by atoms with Gasteiger partial charge in [0.05, 0.1) is 18.2 Å². The lowest BCUT2D eigenvalue weighted by molar-refractivity contribution is 0.127. The average Bonchev–Trinajstić information content (AvgIpc) is 2.35. The van der Waals surface area contributed by atoms with E-state index in [-0.39, 0.29) is 11.9 Å². The van der Waals surface area contributed by atoms with Crippen molar-refractivity contribution in [2.75, 3.05) is 13.2 Å². The molecule has 1 aromatic carbocycles. The highest BCUT2D eigenvalue weighted by atomic mass is 19.1. The Morgan fingerprint density at radius 1 is 1.53 bits per heavy atom. The summed E-state index contributed by atoms with van der Waals surface area (Å²) in [5.41, 5.74) is 0.980. The normalized spacial score (nSPS) is 12.1. The third-order valence-corrected chi connectivity index (χ3v) is 2.39. The van der Waals surface area contributed by atoms with Crippen LogP contribution in [0.3, 0.4) is 0 Å². The molecule has 1 N–H and O–H groups in total. The van der Waals surface area contributed by atoms with Crippen LogP contribution in [0.5, 0.6) is 0 Å². The van der Waals surface area contributed by atoms with Gasteiger partial charge in [-0.25, -0.2) is 4.39 Å². The number of nitriles is 1. The molecule has 0 saturated heterocycles. The molecule has 3 nitrogen and oxygen atoms in total. The minimum absolute atomic E-state index is 0.153. The number of hydrogen-bond acceptors (Lipinski definition) is 3. The molecular weight excluding hydrogens is 219 g/mol. The number of nitrogens with one attached hydrogen (secondary N) is 1. The van der Waals surface area contributed by atoms with Crippen LogP contribution in [0.4, 0.5) is 4.39 Å². The van der Waals surface area contributed by atoms with E-state index in [1.807, 2.05) is 19.9 Å². The molecule has 0 saturated carbocycles. The van der Waals surface area contributed by atoms with Crippen LogP contribution < -0.4 is 5.32 Å². The quantitative estimate of drug-likeness (QED) is 0.823. The van der Waals surface area contributed by atoms with Crippen LogP contribution in [0.25, 0.3) is 0 Å². The molecule has 1 unspecified atom stereocenters. The lowest BCUT2D eigenvalue weighted by Crippen LogP contribution is -2.30. The maximum Gasteiger partial charge on any atom is 0.127 e. The van der Waals surface area contributed by atoms with E-state index in [1.54, 1.807) is 6.07 Å². The molecule has 17 heavy (non-hydrogen) atoms. The van der Waals surface area contributed by atoms with Crippen molar-refractivity contribution in [3.8, 4) is 6.07 Å². The SMILES string of the molecule is CCOCC(C)NCc1cc(C#N)ccc1F.